The van der Waals surface area contributed by atoms with Gasteiger partial charge in [-0.05, 0) is 36.3 Å². The molecule has 0 bridgehead atoms. The normalized spacial score (nSPS) is 13.4. The minimum atomic E-state index is -0.622. The van der Waals surface area contributed by atoms with E-state index in [1.807, 2.05) is 37.3 Å². The lowest BCUT2D eigenvalue weighted by Gasteiger charge is -2.25. The number of rotatable bonds is 6. The van der Waals surface area contributed by atoms with Crippen LogP contribution in [0.15, 0.2) is 48.5 Å². The molecule has 0 N–H and O–H groups in total. The minimum absolute atomic E-state index is 0.112. The largest absolute Gasteiger partial charge is 0.454 e. The Labute approximate surface area is 168 Å². The van der Waals surface area contributed by atoms with Gasteiger partial charge in [-0.15, -0.1) is 0 Å². The van der Waals surface area contributed by atoms with Crippen LogP contribution in [0.25, 0.3) is 6.08 Å². The molecule has 1 aliphatic heterocycles. The maximum atomic E-state index is 12.3. The first-order chi connectivity index (χ1) is 13.5. The van der Waals surface area contributed by atoms with Gasteiger partial charge in [0.1, 0.15) is 0 Å². The van der Waals surface area contributed by atoms with Crippen LogP contribution in [0.3, 0.4) is 0 Å². The van der Waals surface area contributed by atoms with Crippen molar-refractivity contribution in [2.75, 3.05) is 20.4 Å². The predicted molar refractivity (Wildman–Crippen MR) is 105 cm³/mol. The highest BCUT2D eigenvalue weighted by Gasteiger charge is 2.19. The van der Waals surface area contributed by atoms with E-state index in [2.05, 4.69) is 0 Å². The number of nitrogens with zero attached hydrogens (tertiary/aromatic N) is 1. The first-order valence-electron chi connectivity index (χ1n) is 8.70. The second-order valence-corrected chi connectivity index (χ2v) is 6.68. The molecule has 1 aliphatic rings. The van der Waals surface area contributed by atoms with Gasteiger partial charge < -0.3 is 19.1 Å². The Kier molecular flexibility index (Phi) is 6.21. The Morgan fingerprint density at radius 3 is 2.75 bits per heavy atom. The van der Waals surface area contributed by atoms with E-state index >= 15 is 0 Å². The topological polar surface area (TPSA) is 65.1 Å². The van der Waals surface area contributed by atoms with Crippen molar-refractivity contribution in [3.63, 3.8) is 0 Å². The fraction of sp³-hybridized carbons (Fsp3) is 0.238. The van der Waals surface area contributed by atoms with Crippen LogP contribution in [0.5, 0.6) is 11.5 Å². The highest BCUT2D eigenvalue weighted by atomic mass is 35.5. The molecule has 1 atom stereocenters. The summed E-state index contributed by atoms with van der Waals surface area (Å²) in [6.45, 7) is 1.69. The zero-order valence-corrected chi connectivity index (χ0v) is 16.3. The number of amides is 1. The number of carbonyl (C=O) groups is 2. The Balaban J connectivity index is 1.53. The summed E-state index contributed by atoms with van der Waals surface area (Å²) in [5.41, 5.74) is 1.66. The van der Waals surface area contributed by atoms with E-state index in [1.54, 1.807) is 24.1 Å². The van der Waals surface area contributed by atoms with Crippen molar-refractivity contribution in [2.45, 2.75) is 13.0 Å². The zero-order chi connectivity index (χ0) is 20.1. The third-order valence-electron chi connectivity index (χ3n) is 4.46. The molecule has 2 aromatic carbocycles. The first kappa shape index (κ1) is 19.8. The molecule has 0 fully saturated rings. The molecule has 0 saturated heterocycles. The highest BCUT2D eigenvalue weighted by molar-refractivity contribution is 6.32. The van der Waals surface area contributed by atoms with Gasteiger partial charge in [0.05, 0.1) is 11.1 Å². The molecule has 6 nitrogen and oxygen atoms in total. The summed E-state index contributed by atoms with van der Waals surface area (Å²) in [5.74, 6) is 0.0990. The maximum absolute atomic E-state index is 12.3. The van der Waals surface area contributed by atoms with E-state index < -0.39 is 5.97 Å². The van der Waals surface area contributed by atoms with Gasteiger partial charge >= 0.3 is 5.97 Å². The number of hydrogen-bond acceptors (Lipinski definition) is 5. The summed E-state index contributed by atoms with van der Waals surface area (Å²) in [7, 11) is 1.68. The second-order valence-electron chi connectivity index (χ2n) is 6.27. The Hall–Kier alpha value is -2.99. The third kappa shape index (κ3) is 4.64. The Bertz CT molecular complexity index is 897. The summed E-state index contributed by atoms with van der Waals surface area (Å²) in [6, 6.07) is 12.9. The van der Waals surface area contributed by atoms with Crippen LogP contribution in [0.2, 0.25) is 5.02 Å². The van der Waals surface area contributed by atoms with E-state index in [-0.39, 0.29) is 25.3 Å². The van der Waals surface area contributed by atoms with Gasteiger partial charge in [0.25, 0.3) is 5.91 Å². The number of hydrogen-bond donors (Lipinski definition) is 0. The van der Waals surface area contributed by atoms with E-state index in [1.165, 1.54) is 12.2 Å². The minimum Gasteiger partial charge on any atom is -0.454 e. The quantitative estimate of drug-likeness (QED) is 0.543. The smallest absolute Gasteiger partial charge is 0.331 e. The van der Waals surface area contributed by atoms with Gasteiger partial charge in [0.2, 0.25) is 6.79 Å². The molecule has 28 heavy (non-hydrogen) atoms. The summed E-state index contributed by atoms with van der Waals surface area (Å²) in [5, 5.41) is 0.398. The van der Waals surface area contributed by atoms with Crippen molar-refractivity contribution in [2.24, 2.45) is 0 Å². The third-order valence-corrected chi connectivity index (χ3v) is 4.74. The van der Waals surface area contributed by atoms with Crippen molar-refractivity contribution in [3.8, 4) is 11.5 Å². The van der Waals surface area contributed by atoms with Crippen molar-refractivity contribution in [1.29, 1.82) is 0 Å². The van der Waals surface area contributed by atoms with Crippen molar-refractivity contribution < 1.29 is 23.8 Å². The number of benzene rings is 2. The molecule has 0 spiro atoms. The monoisotopic (exact) mass is 401 g/mol. The number of ether oxygens (including phenoxy) is 3. The fourth-order valence-corrected chi connectivity index (χ4v) is 2.98. The van der Waals surface area contributed by atoms with Crippen molar-refractivity contribution in [3.05, 3.63) is 64.7 Å². The molecule has 7 heteroatoms. The molecule has 1 heterocycles. The standard InChI is InChI=1S/C21H20ClNO5/c1-14(16-6-4-3-5-7-16)23(2)19(24)12-26-20(25)9-8-15-10-17(22)21-18(11-15)27-13-28-21/h3-11,14H,12-13H2,1-2H3/b9-8+/t14-/m0/s1. The summed E-state index contributed by atoms with van der Waals surface area (Å²) >= 11 is 6.10. The van der Waals surface area contributed by atoms with Crippen LogP contribution in [-0.2, 0) is 14.3 Å². The fourth-order valence-electron chi connectivity index (χ4n) is 2.70. The molecule has 146 valence electrons. The molecule has 3 rings (SSSR count). The van der Waals surface area contributed by atoms with E-state index in [0.29, 0.717) is 22.1 Å². The predicted octanol–water partition coefficient (Wildman–Crippen LogP) is 3.84. The summed E-state index contributed by atoms with van der Waals surface area (Å²) in [6.07, 6.45) is 2.78. The van der Waals surface area contributed by atoms with E-state index in [9.17, 15) is 9.59 Å². The molecule has 2 aromatic rings. The number of esters is 1. The molecule has 0 aliphatic carbocycles. The van der Waals surface area contributed by atoms with Gasteiger partial charge in [-0.2, -0.15) is 0 Å². The van der Waals surface area contributed by atoms with Crippen LogP contribution in [0, 0.1) is 0 Å². The lowest BCUT2D eigenvalue weighted by molar-refractivity contribution is -0.148. The van der Waals surface area contributed by atoms with Gasteiger partial charge in [0.15, 0.2) is 18.1 Å². The Morgan fingerprint density at radius 2 is 2.00 bits per heavy atom. The molecular weight excluding hydrogens is 382 g/mol. The molecule has 0 saturated carbocycles. The summed E-state index contributed by atoms with van der Waals surface area (Å²) in [4.78, 5) is 25.8. The molecule has 0 aromatic heterocycles. The molecule has 1 amide bonds. The summed E-state index contributed by atoms with van der Waals surface area (Å²) < 4.78 is 15.6. The number of carbonyl (C=O) groups excluding carboxylic acids is 2. The van der Waals surface area contributed by atoms with Gasteiger partial charge in [-0.3, -0.25) is 4.79 Å². The lowest BCUT2D eigenvalue weighted by atomic mass is 10.1. The highest BCUT2D eigenvalue weighted by Crippen LogP contribution is 2.40. The molecule has 0 unspecified atom stereocenters. The first-order valence-corrected chi connectivity index (χ1v) is 9.08. The van der Waals surface area contributed by atoms with Crippen molar-refractivity contribution in [1.82, 2.24) is 4.90 Å². The number of halogens is 1. The number of likely N-dealkylation sites (N-methyl/N-ethyl adjacent to an activating group) is 1. The number of fused-ring (bicyclic) bond motifs is 1. The van der Waals surface area contributed by atoms with E-state index in [4.69, 9.17) is 25.8 Å². The SMILES string of the molecule is C[C@@H](c1ccccc1)N(C)C(=O)COC(=O)/C=C/c1cc(Cl)c2c(c1)OCO2. The van der Waals surface area contributed by atoms with Crippen LogP contribution in [-0.4, -0.2) is 37.2 Å². The zero-order valence-electron chi connectivity index (χ0n) is 15.6. The molecular formula is C21H20ClNO5. The van der Waals surface area contributed by atoms with Gasteiger partial charge in [-0.25, -0.2) is 4.79 Å². The van der Waals surface area contributed by atoms with Crippen LogP contribution in [0.1, 0.15) is 24.1 Å². The van der Waals surface area contributed by atoms with Gasteiger partial charge in [0, 0.05) is 13.1 Å². The molecule has 0 radical (unpaired) electrons. The van der Waals surface area contributed by atoms with Crippen LogP contribution >= 0.6 is 11.6 Å². The maximum Gasteiger partial charge on any atom is 0.331 e. The lowest BCUT2D eigenvalue weighted by Crippen LogP contribution is -2.33. The average molecular weight is 402 g/mol. The van der Waals surface area contributed by atoms with E-state index in [0.717, 1.165) is 5.56 Å². The van der Waals surface area contributed by atoms with Crippen molar-refractivity contribution >= 4 is 29.6 Å². The van der Waals surface area contributed by atoms with Gasteiger partial charge in [-0.1, -0.05) is 41.9 Å². The average Bonchev–Trinajstić information content (AvgIpc) is 3.19. The Morgan fingerprint density at radius 1 is 1.25 bits per heavy atom. The second kappa shape index (κ2) is 8.80. The van der Waals surface area contributed by atoms with Crippen LogP contribution in [0.4, 0.5) is 0 Å². The van der Waals surface area contributed by atoms with Crippen LogP contribution < -0.4 is 9.47 Å².